The number of benzene rings is 6. The first-order chi connectivity index (χ1) is 36.4. The fourth-order valence-electron chi connectivity index (χ4n) is 11.9. The molecule has 5 atom stereocenters. The predicted octanol–water partition coefficient (Wildman–Crippen LogP) is 9.59. The van der Waals surface area contributed by atoms with Crippen LogP contribution in [0.15, 0.2) is 164 Å². The van der Waals surface area contributed by atoms with Crippen molar-refractivity contribution in [1.82, 2.24) is 25.0 Å². The summed E-state index contributed by atoms with van der Waals surface area (Å²) in [4.78, 5) is 51.4. The molecule has 0 bridgehead atoms. The summed E-state index contributed by atoms with van der Waals surface area (Å²) in [6.07, 6.45) is 6.15. The lowest BCUT2D eigenvalue weighted by atomic mass is 9.82. The number of hydrogen-bond acceptors (Lipinski definition) is 8. The number of ether oxygens (including phenoxy) is 2. The van der Waals surface area contributed by atoms with Gasteiger partial charge in [0, 0.05) is 69.8 Å². The van der Waals surface area contributed by atoms with Crippen LogP contribution >= 0.6 is 0 Å². The zero-order valence-electron chi connectivity index (χ0n) is 42.4. The molecule has 14 nitrogen and oxygen atoms in total. The summed E-state index contributed by atoms with van der Waals surface area (Å²) in [7, 11) is -0.879. The number of carbonyl (C=O) groups is 3. The van der Waals surface area contributed by atoms with Crippen molar-refractivity contribution in [1.29, 1.82) is 0 Å². The summed E-state index contributed by atoms with van der Waals surface area (Å²) in [6.45, 7) is 7.44. The van der Waals surface area contributed by atoms with Gasteiger partial charge < -0.3 is 40.1 Å². The summed E-state index contributed by atoms with van der Waals surface area (Å²) in [5.74, 6) is -0.380. The first-order valence-electron chi connectivity index (χ1n) is 25.6. The third kappa shape index (κ3) is 9.32. The van der Waals surface area contributed by atoms with Gasteiger partial charge >= 0.3 is 0 Å². The first-order valence-corrected chi connectivity index (χ1v) is 28.6. The molecule has 9 aromatic rings. The SMILES string of the molecule is COc1ccc([Si](C)(C)[C@H]2[C@H](CCn3cc(C(CO)c4ccccc4)nn3)O[C@@]3(C(=O)N(Cc4ccc(NC(=O)Cc5c[nH]c6ccccc56)cc4)c4ccc(NC(=O)Cc5c[nH]c6ccccc56)cc43)[C@@H]2C)cc1. The minimum Gasteiger partial charge on any atom is -0.497 e. The van der Waals surface area contributed by atoms with Crippen molar-refractivity contribution in [3.8, 4) is 5.75 Å². The summed E-state index contributed by atoms with van der Waals surface area (Å²) >= 11 is 0. The maximum atomic E-state index is 15.9. The Morgan fingerprint density at radius 3 is 2.05 bits per heavy atom. The molecule has 3 amide bonds. The Kier molecular flexibility index (Phi) is 13.3. The number of rotatable bonds is 17. The van der Waals surface area contributed by atoms with E-state index in [1.165, 1.54) is 5.19 Å². The molecule has 6 aromatic carbocycles. The Hall–Kier alpha value is -8.11. The van der Waals surface area contributed by atoms with Crippen molar-refractivity contribution in [3.05, 3.63) is 198 Å². The van der Waals surface area contributed by atoms with Crippen molar-refractivity contribution in [2.24, 2.45) is 5.92 Å². The molecule has 0 radical (unpaired) electrons. The standard InChI is InChI=1S/C60H60N8O6Si/c1-38-58(75(3,4)46-25-23-45(73-2)24-26-46)55(28-29-67-36-53(65-66-67)49(37-69)40-12-6-5-7-13-40)74-60(38)50-32-44(64-57(71)31-42-34-62-52-17-11-9-15-48(42)52)22-27-54(50)68(59(60)72)35-39-18-20-43(21-19-39)63-56(70)30-41-33-61-51-16-10-8-14-47(41)51/h5-27,32-34,36,38,49,55,58,61-62,69H,28-31,35,37H2,1-4H3,(H,63,70)(H,64,71)/t38-,49?,55+,58-,60+/m1/s1. The molecule has 1 fully saturated rings. The van der Waals surface area contributed by atoms with Gasteiger partial charge in [0.1, 0.15) is 5.75 Å². The van der Waals surface area contributed by atoms with Crippen LogP contribution in [0.5, 0.6) is 5.75 Å². The van der Waals surface area contributed by atoms with Crippen LogP contribution < -0.4 is 25.5 Å². The van der Waals surface area contributed by atoms with Crippen LogP contribution in [-0.4, -0.2) is 75.7 Å². The molecule has 0 saturated carbocycles. The van der Waals surface area contributed by atoms with Crippen LogP contribution in [0.25, 0.3) is 21.8 Å². The number of aromatic amines is 2. The van der Waals surface area contributed by atoms with Gasteiger partial charge in [-0.25, -0.2) is 0 Å². The van der Waals surface area contributed by atoms with Crippen LogP contribution in [0.4, 0.5) is 17.1 Å². The number of fused-ring (bicyclic) bond motifs is 4. The lowest BCUT2D eigenvalue weighted by molar-refractivity contribution is -0.146. The quantitative estimate of drug-likeness (QED) is 0.0560. The number of aryl methyl sites for hydroxylation is 1. The molecule has 380 valence electrons. The van der Waals surface area contributed by atoms with Gasteiger partial charge in [-0.1, -0.05) is 121 Å². The van der Waals surface area contributed by atoms with E-state index in [2.05, 4.69) is 63.1 Å². The lowest BCUT2D eigenvalue weighted by Crippen LogP contribution is -2.51. The van der Waals surface area contributed by atoms with E-state index in [0.717, 1.165) is 49.8 Å². The molecule has 2 aliphatic heterocycles. The highest BCUT2D eigenvalue weighted by Crippen LogP contribution is 2.60. The highest BCUT2D eigenvalue weighted by molar-refractivity contribution is 6.91. The number of aliphatic hydroxyl groups is 1. The maximum Gasteiger partial charge on any atom is 0.264 e. The van der Waals surface area contributed by atoms with Gasteiger partial charge in [-0.3, -0.25) is 19.1 Å². The molecule has 1 saturated heterocycles. The van der Waals surface area contributed by atoms with E-state index in [0.29, 0.717) is 41.3 Å². The minimum atomic E-state index is -2.54. The van der Waals surface area contributed by atoms with Crippen molar-refractivity contribution in [2.75, 3.05) is 29.3 Å². The number of carbonyl (C=O) groups excluding carboxylic acids is 3. The number of nitrogens with zero attached hydrogens (tertiary/aromatic N) is 4. The number of nitrogens with one attached hydrogen (secondary N) is 4. The van der Waals surface area contributed by atoms with E-state index in [4.69, 9.17) is 9.47 Å². The Morgan fingerprint density at radius 1 is 0.800 bits per heavy atom. The molecule has 5 heterocycles. The number of hydrogen-bond donors (Lipinski definition) is 5. The highest BCUT2D eigenvalue weighted by atomic mass is 28.3. The Morgan fingerprint density at radius 2 is 1.41 bits per heavy atom. The van der Waals surface area contributed by atoms with E-state index >= 15 is 4.79 Å². The Balaban J connectivity index is 0.919. The van der Waals surface area contributed by atoms with E-state index in [9.17, 15) is 14.7 Å². The van der Waals surface area contributed by atoms with Crippen molar-refractivity contribution < 1.29 is 29.0 Å². The number of para-hydroxylation sites is 2. The summed E-state index contributed by atoms with van der Waals surface area (Å²) in [6, 6.07) is 47.3. The van der Waals surface area contributed by atoms with E-state index in [1.807, 2.05) is 162 Å². The number of anilines is 3. The second-order valence-electron chi connectivity index (χ2n) is 20.5. The molecule has 15 heteroatoms. The molecule has 1 spiro atoms. The summed E-state index contributed by atoms with van der Waals surface area (Å²) < 4.78 is 14.9. The van der Waals surface area contributed by atoms with Crippen molar-refractivity contribution in [3.63, 3.8) is 0 Å². The molecule has 5 N–H and O–H groups in total. The van der Waals surface area contributed by atoms with E-state index in [-0.39, 0.29) is 61.1 Å². The van der Waals surface area contributed by atoms with Crippen molar-refractivity contribution in [2.45, 2.75) is 75.5 Å². The monoisotopic (exact) mass is 1020 g/mol. The summed E-state index contributed by atoms with van der Waals surface area (Å²) in [5, 5.41) is 29.0. The van der Waals surface area contributed by atoms with Crippen LogP contribution in [-0.2, 0) is 50.7 Å². The molecule has 3 aromatic heterocycles. The minimum absolute atomic E-state index is 0.0765. The van der Waals surface area contributed by atoms with Crippen LogP contribution in [0.3, 0.4) is 0 Å². The van der Waals surface area contributed by atoms with Gasteiger partial charge in [-0.05, 0) is 88.8 Å². The normalized spacial score (nSPS) is 18.7. The first kappa shape index (κ1) is 49.1. The zero-order valence-corrected chi connectivity index (χ0v) is 43.4. The third-order valence-electron chi connectivity index (χ3n) is 15.7. The number of amides is 3. The number of methoxy groups -OCH3 is 1. The zero-order chi connectivity index (χ0) is 51.8. The second-order valence-corrected chi connectivity index (χ2v) is 25.2. The molecular weight excluding hydrogens is 957 g/mol. The van der Waals surface area contributed by atoms with Gasteiger partial charge in [-0.2, -0.15) is 0 Å². The highest BCUT2D eigenvalue weighted by Gasteiger charge is 2.66. The fourth-order valence-corrected chi connectivity index (χ4v) is 16.0. The predicted molar refractivity (Wildman–Crippen MR) is 295 cm³/mol. The van der Waals surface area contributed by atoms with Gasteiger partial charge in [0.2, 0.25) is 11.8 Å². The Labute approximate surface area is 436 Å². The average Bonchev–Trinajstić information content (AvgIpc) is 4.30. The lowest BCUT2D eigenvalue weighted by Gasteiger charge is -2.37. The fraction of sp³-hybridized carbons (Fsp3) is 0.250. The van der Waals surface area contributed by atoms with E-state index < -0.39 is 19.8 Å². The van der Waals surface area contributed by atoms with Crippen LogP contribution in [0, 0.1) is 5.92 Å². The number of aliphatic hydroxyl groups excluding tert-OH is 1. The number of aromatic nitrogens is 5. The maximum absolute atomic E-state index is 15.9. The second kappa shape index (κ2) is 20.3. The van der Waals surface area contributed by atoms with Gasteiger partial charge in [0.15, 0.2) is 5.60 Å². The average molecular weight is 1020 g/mol. The van der Waals surface area contributed by atoms with Crippen LogP contribution in [0.1, 0.15) is 52.8 Å². The van der Waals surface area contributed by atoms with Gasteiger partial charge in [-0.15, -0.1) is 5.10 Å². The van der Waals surface area contributed by atoms with Crippen LogP contribution in [0.2, 0.25) is 18.6 Å². The van der Waals surface area contributed by atoms with Gasteiger partial charge in [0.05, 0.1) is 64.6 Å². The molecule has 0 aliphatic carbocycles. The Bertz CT molecular complexity index is 3540. The van der Waals surface area contributed by atoms with E-state index in [1.54, 1.807) is 7.11 Å². The molecule has 75 heavy (non-hydrogen) atoms. The molecule has 1 unspecified atom stereocenters. The topological polar surface area (TPSA) is 179 Å². The third-order valence-corrected chi connectivity index (χ3v) is 20.0. The van der Waals surface area contributed by atoms with Crippen molar-refractivity contribution >= 4 is 69.9 Å². The number of H-pyrrole nitrogens is 2. The molecule has 11 rings (SSSR count). The molecular formula is C60H60N8O6Si. The summed E-state index contributed by atoms with van der Waals surface area (Å²) in [5.41, 5.74) is 7.36. The smallest absolute Gasteiger partial charge is 0.264 e. The molecule has 2 aliphatic rings. The largest absolute Gasteiger partial charge is 0.497 e. The van der Waals surface area contributed by atoms with Gasteiger partial charge in [0.25, 0.3) is 5.91 Å².